The molecule has 1 N–H and O–H groups in total. The molecule has 158 valence electrons. The van der Waals surface area contributed by atoms with E-state index < -0.39 is 28.9 Å². The smallest absolute Gasteiger partial charge is 0.339 e. The van der Waals surface area contributed by atoms with Crippen molar-refractivity contribution in [1.29, 1.82) is 0 Å². The summed E-state index contributed by atoms with van der Waals surface area (Å²) >= 11 is 0. The van der Waals surface area contributed by atoms with Crippen LogP contribution in [0.25, 0.3) is 0 Å². The molecule has 0 aromatic heterocycles. The van der Waals surface area contributed by atoms with Crippen molar-refractivity contribution in [2.75, 3.05) is 0 Å². The Morgan fingerprint density at radius 2 is 1.48 bits per heavy atom. The number of hydrogen-bond acceptors (Lipinski definition) is 5. The Hall–Kier alpha value is -4.00. The molecule has 1 amide bonds. The third kappa shape index (κ3) is 5.33. The molecule has 3 rings (SSSR count). The molecule has 0 heterocycles. The van der Waals surface area contributed by atoms with E-state index in [2.05, 4.69) is 5.32 Å². The van der Waals surface area contributed by atoms with Gasteiger partial charge < -0.3 is 10.1 Å². The molecule has 0 saturated carbocycles. The van der Waals surface area contributed by atoms with Gasteiger partial charge in [-0.2, -0.15) is 0 Å². The van der Waals surface area contributed by atoms with E-state index in [0.29, 0.717) is 5.56 Å². The average Bonchev–Trinajstić information content (AvgIpc) is 2.78. The van der Waals surface area contributed by atoms with Crippen molar-refractivity contribution in [2.24, 2.45) is 0 Å². The van der Waals surface area contributed by atoms with Crippen LogP contribution in [0.4, 0.5) is 5.69 Å². The first-order valence-electron chi connectivity index (χ1n) is 9.73. The van der Waals surface area contributed by atoms with Crippen molar-refractivity contribution >= 4 is 17.6 Å². The Bertz CT molecular complexity index is 1040. The summed E-state index contributed by atoms with van der Waals surface area (Å²) in [5, 5.41) is 14.0. The number of nitro groups is 1. The van der Waals surface area contributed by atoms with Gasteiger partial charge in [0.15, 0.2) is 6.10 Å². The minimum absolute atomic E-state index is 0.0135. The summed E-state index contributed by atoms with van der Waals surface area (Å²) in [4.78, 5) is 35.8. The number of benzene rings is 3. The Kier molecular flexibility index (Phi) is 6.77. The third-order valence-corrected chi connectivity index (χ3v) is 4.85. The summed E-state index contributed by atoms with van der Waals surface area (Å²) in [7, 11) is 0. The lowest BCUT2D eigenvalue weighted by Crippen LogP contribution is -2.38. The van der Waals surface area contributed by atoms with Gasteiger partial charge in [0.2, 0.25) is 0 Å². The number of nitro benzene ring substituents is 1. The summed E-state index contributed by atoms with van der Waals surface area (Å²) in [6.07, 6.45) is -1.09. The fourth-order valence-electron chi connectivity index (χ4n) is 3.12. The zero-order chi connectivity index (χ0) is 22.4. The van der Waals surface area contributed by atoms with Crippen molar-refractivity contribution in [3.05, 3.63) is 111 Å². The lowest BCUT2D eigenvalue weighted by molar-refractivity contribution is -0.385. The lowest BCUT2D eigenvalue weighted by atomic mass is 9.98. The molecule has 7 nitrogen and oxygen atoms in total. The van der Waals surface area contributed by atoms with Crippen LogP contribution >= 0.6 is 0 Å². The Morgan fingerprint density at radius 3 is 2.00 bits per heavy atom. The average molecular weight is 418 g/mol. The van der Waals surface area contributed by atoms with Crippen LogP contribution in [0.15, 0.2) is 78.9 Å². The number of ether oxygens (including phenoxy) is 1. The molecule has 0 radical (unpaired) electrons. The van der Waals surface area contributed by atoms with Crippen LogP contribution in [0, 0.1) is 17.0 Å². The molecule has 0 bridgehead atoms. The van der Waals surface area contributed by atoms with Crippen LogP contribution in [-0.4, -0.2) is 22.9 Å². The van der Waals surface area contributed by atoms with Crippen LogP contribution in [0.2, 0.25) is 0 Å². The minimum atomic E-state index is -1.09. The van der Waals surface area contributed by atoms with Gasteiger partial charge in [0, 0.05) is 11.6 Å². The molecule has 0 aliphatic carbocycles. The van der Waals surface area contributed by atoms with Crippen molar-refractivity contribution in [3.8, 4) is 0 Å². The number of carbonyl (C=O) groups is 2. The van der Waals surface area contributed by atoms with Crippen LogP contribution in [0.3, 0.4) is 0 Å². The number of hydrogen-bond donors (Lipinski definition) is 1. The predicted molar refractivity (Wildman–Crippen MR) is 116 cm³/mol. The highest BCUT2D eigenvalue weighted by molar-refractivity contribution is 5.93. The van der Waals surface area contributed by atoms with Gasteiger partial charge >= 0.3 is 5.97 Å². The highest BCUT2D eigenvalue weighted by Gasteiger charge is 2.24. The van der Waals surface area contributed by atoms with Gasteiger partial charge in [-0.15, -0.1) is 0 Å². The second kappa shape index (κ2) is 9.67. The normalized spacial score (nSPS) is 11.6. The summed E-state index contributed by atoms with van der Waals surface area (Å²) in [6, 6.07) is 22.5. The second-order valence-corrected chi connectivity index (χ2v) is 7.07. The lowest BCUT2D eigenvalue weighted by Gasteiger charge is -2.22. The number of rotatable bonds is 7. The Labute approximate surface area is 179 Å². The van der Waals surface area contributed by atoms with E-state index in [-0.39, 0.29) is 11.3 Å². The fourth-order valence-corrected chi connectivity index (χ4v) is 3.12. The minimum Gasteiger partial charge on any atom is -0.449 e. The van der Waals surface area contributed by atoms with Crippen molar-refractivity contribution in [3.63, 3.8) is 0 Å². The van der Waals surface area contributed by atoms with Gasteiger partial charge in [0.05, 0.1) is 16.5 Å². The first-order chi connectivity index (χ1) is 14.9. The molecule has 0 aliphatic rings. The first kappa shape index (κ1) is 21.7. The molecule has 3 aromatic carbocycles. The van der Waals surface area contributed by atoms with Crippen LogP contribution in [0.1, 0.15) is 40.0 Å². The maximum Gasteiger partial charge on any atom is 0.339 e. The second-order valence-electron chi connectivity index (χ2n) is 7.07. The Balaban J connectivity index is 1.75. The maximum atomic E-state index is 12.8. The van der Waals surface area contributed by atoms with Crippen LogP contribution in [0.5, 0.6) is 0 Å². The monoisotopic (exact) mass is 418 g/mol. The molecular formula is C24H22N2O5. The molecule has 7 heteroatoms. The van der Waals surface area contributed by atoms with Gasteiger partial charge in [0.25, 0.3) is 11.6 Å². The van der Waals surface area contributed by atoms with E-state index in [1.165, 1.54) is 19.1 Å². The topological polar surface area (TPSA) is 98.5 Å². The molecule has 3 aromatic rings. The molecule has 0 fully saturated rings. The number of aryl methyl sites for hydroxylation is 1. The summed E-state index contributed by atoms with van der Waals surface area (Å²) in [5.41, 5.74) is 2.03. The van der Waals surface area contributed by atoms with Crippen molar-refractivity contribution in [2.45, 2.75) is 26.0 Å². The molecule has 0 unspecified atom stereocenters. The molecule has 0 saturated heterocycles. The zero-order valence-corrected chi connectivity index (χ0v) is 17.1. The number of amides is 1. The van der Waals surface area contributed by atoms with E-state index >= 15 is 0 Å². The summed E-state index contributed by atoms with van der Waals surface area (Å²) in [6.45, 7) is 3.04. The van der Waals surface area contributed by atoms with Gasteiger partial charge in [-0.3, -0.25) is 14.9 Å². The number of nitrogens with one attached hydrogen (secondary N) is 1. The quantitative estimate of drug-likeness (QED) is 0.349. The summed E-state index contributed by atoms with van der Waals surface area (Å²) < 4.78 is 5.27. The van der Waals surface area contributed by atoms with Crippen molar-refractivity contribution < 1.29 is 19.2 Å². The van der Waals surface area contributed by atoms with E-state index in [1.54, 1.807) is 6.92 Å². The highest BCUT2D eigenvalue weighted by Crippen LogP contribution is 2.23. The predicted octanol–water partition coefficient (Wildman–Crippen LogP) is 4.35. The molecule has 1 atom stereocenters. The van der Waals surface area contributed by atoms with Crippen LogP contribution in [-0.2, 0) is 9.53 Å². The van der Waals surface area contributed by atoms with E-state index in [9.17, 15) is 19.7 Å². The SMILES string of the molecule is Cc1ccc(C(=O)O[C@H](C)C(=O)NC(c2ccccc2)c2ccccc2)cc1[N+](=O)[O-]. The first-order valence-corrected chi connectivity index (χ1v) is 9.73. The van der Waals surface area contributed by atoms with Gasteiger partial charge in [-0.25, -0.2) is 4.79 Å². The van der Waals surface area contributed by atoms with Gasteiger partial charge in [-0.05, 0) is 31.0 Å². The standard InChI is InChI=1S/C24H22N2O5/c1-16-13-14-20(15-21(16)26(29)30)24(28)31-17(2)23(27)25-22(18-9-5-3-6-10-18)19-11-7-4-8-12-19/h3-15,17,22H,1-2H3,(H,25,27)/t17-/m1/s1. The number of nitrogens with zero attached hydrogens (tertiary/aromatic N) is 1. The molecule has 31 heavy (non-hydrogen) atoms. The van der Waals surface area contributed by atoms with E-state index in [4.69, 9.17) is 4.74 Å². The van der Waals surface area contributed by atoms with E-state index in [0.717, 1.165) is 17.2 Å². The van der Waals surface area contributed by atoms with Crippen molar-refractivity contribution in [1.82, 2.24) is 5.32 Å². The van der Waals surface area contributed by atoms with Crippen LogP contribution < -0.4 is 5.32 Å². The van der Waals surface area contributed by atoms with E-state index in [1.807, 2.05) is 60.7 Å². The summed E-state index contributed by atoms with van der Waals surface area (Å²) in [5.74, 6) is -1.28. The molecule has 0 spiro atoms. The maximum absolute atomic E-state index is 12.8. The zero-order valence-electron chi connectivity index (χ0n) is 17.1. The number of carbonyl (C=O) groups excluding carboxylic acids is 2. The molecule has 0 aliphatic heterocycles. The third-order valence-electron chi connectivity index (χ3n) is 4.85. The molecular weight excluding hydrogens is 396 g/mol. The van der Waals surface area contributed by atoms with Gasteiger partial charge in [-0.1, -0.05) is 66.7 Å². The fraction of sp³-hybridized carbons (Fsp3) is 0.167. The largest absolute Gasteiger partial charge is 0.449 e. The Morgan fingerprint density at radius 1 is 0.935 bits per heavy atom. The highest BCUT2D eigenvalue weighted by atomic mass is 16.6. The number of esters is 1. The van der Waals surface area contributed by atoms with Gasteiger partial charge in [0.1, 0.15) is 0 Å².